The maximum atomic E-state index is 6.08. The first-order valence-corrected chi connectivity index (χ1v) is 8.36. The molecule has 2 rings (SSSR count). The van der Waals surface area contributed by atoms with Crippen LogP contribution in [-0.2, 0) is 0 Å². The van der Waals surface area contributed by atoms with Crippen molar-refractivity contribution >= 4 is 46.2 Å². The highest BCUT2D eigenvalue weighted by molar-refractivity contribution is 7.80. The first-order chi connectivity index (χ1) is 9.97. The molecule has 0 atom stereocenters. The number of nitrogens with zero attached hydrogens (tertiary/aromatic N) is 2. The third kappa shape index (κ3) is 4.63. The van der Waals surface area contributed by atoms with Gasteiger partial charge in [0.1, 0.15) is 0 Å². The molecule has 1 fully saturated rings. The number of rotatable bonds is 3. The van der Waals surface area contributed by atoms with Crippen molar-refractivity contribution in [2.24, 2.45) is 5.92 Å². The summed E-state index contributed by atoms with van der Waals surface area (Å²) in [5.74, 6) is 0.598. The van der Waals surface area contributed by atoms with Gasteiger partial charge in [0.25, 0.3) is 0 Å². The summed E-state index contributed by atoms with van der Waals surface area (Å²) in [7, 11) is 0. The van der Waals surface area contributed by atoms with Crippen LogP contribution in [0.4, 0.5) is 5.69 Å². The quantitative estimate of drug-likeness (QED) is 0.842. The van der Waals surface area contributed by atoms with Gasteiger partial charge in [-0.05, 0) is 36.3 Å². The van der Waals surface area contributed by atoms with Gasteiger partial charge in [-0.25, -0.2) is 0 Å². The third-order valence-corrected chi connectivity index (χ3v) is 4.64. The van der Waals surface area contributed by atoms with Crippen LogP contribution in [0.2, 0.25) is 10.0 Å². The van der Waals surface area contributed by atoms with E-state index >= 15 is 0 Å². The van der Waals surface area contributed by atoms with Crippen molar-refractivity contribution in [1.82, 2.24) is 10.2 Å². The van der Waals surface area contributed by atoms with E-state index in [2.05, 4.69) is 29.0 Å². The monoisotopic (exact) mass is 345 g/mol. The van der Waals surface area contributed by atoms with E-state index in [4.69, 9.17) is 35.4 Å². The molecule has 1 heterocycles. The standard InChI is InChI=1S/C15H21Cl2N3S/c1-11(2)10-18-15(21)20-7-5-19(6-8-20)12-3-4-13(16)14(17)9-12/h3-4,9,11H,5-8,10H2,1-2H3,(H,18,21). The highest BCUT2D eigenvalue weighted by atomic mass is 35.5. The van der Waals surface area contributed by atoms with E-state index in [0.29, 0.717) is 16.0 Å². The van der Waals surface area contributed by atoms with Crippen LogP contribution in [0.25, 0.3) is 0 Å². The zero-order chi connectivity index (χ0) is 15.4. The lowest BCUT2D eigenvalue weighted by atomic mass is 10.2. The molecule has 0 saturated carbocycles. The molecule has 0 bridgehead atoms. The zero-order valence-corrected chi connectivity index (χ0v) is 14.7. The molecule has 1 aliphatic heterocycles. The number of hydrogen-bond donors (Lipinski definition) is 1. The Bertz CT molecular complexity index is 500. The molecule has 1 aromatic carbocycles. The summed E-state index contributed by atoms with van der Waals surface area (Å²) in [6, 6.07) is 5.79. The molecule has 0 amide bonds. The molecule has 3 nitrogen and oxygen atoms in total. The van der Waals surface area contributed by atoms with Gasteiger partial charge in [0.05, 0.1) is 10.0 Å². The summed E-state index contributed by atoms with van der Waals surface area (Å²) in [5, 5.41) is 5.38. The number of halogens is 2. The van der Waals surface area contributed by atoms with E-state index in [-0.39, 0.29) is 0 Å². The third-order valence-electron chi connectivity index (χ3n) is 3.50. The number of nitrogens with one attached hydrogen (secondary N) is 1. The molecule has 1 N–H and O–H groups in total. The summed E-state index contributed by atoms with van der Waals surface area (Å²) >= 11 is 17.5. The van der Waals surface area contributed by atoms with Crippen molar-refractivity contribution < 1.29 is 0 Å². The van der Waals surface area contributed by atoms with Crippen LogP contribution in [0.3, 0.4) is 0 Å². The van der Waals surface area contributed by atoms with E-state index in [9.17, 15) is 0 Å². The summed E-state index contributed by atoms with van der Waals surface area (Å²) < 4.78 is 0. The molecule has 1 saturated heterocycles. The number of hydrogen-bond acceptors (Lipinski definition) is 2. The smallest absolute Gasteiger partial charge is 0.169 e. The fraction of sp³-hybridized carbons (Fsp3) is 0.533. The Morgan fingerprint density at radius 1 is 1.19 bits per heavy atom. The van der Waals surface area contributed by atoms with E-state index in [0.717, 1.165) is 43.5 Å². The highest BCUT2D eigenvalue weighted by Gasteiger charge is 2.19. The van der Waals surface area contributed by atoms with E-state index in [1.807, 2.05) is 18.2 Å². The van der Waals surface area contributed by atoms with Crippen molar-refractivity contribution in [3.63, 3.8) is 0 Å². The minimum absolute atomic E-state index is 0.595. The number of thiocarbonyl (C=S) groups is 1. The Labute approximate surface area is 142 Å². The van der Waals surface area contributed by atoms with Gasteiger partial charge in [0.2, 0.25) is 0 Å². The van der Waals surface area contributed by atoms with Crippen molar-refractivity contribution in [3.05, 3.63) is 28.2 Å². The number of piperazine rings is 1. The minimum Gasteiger partial charge on any atom is -0.368 e. The normalized spacial score (nSPS) is 15.5. The van der Waals surface area contributed by atoms with Crippen LogP contribution in [0.1, 0.15) is 13.8 Å². The van der Waals surface area contributed by atoms with Gasteiger partial charge in [-0.3, -0.25) is 0 Å². The first kappa shape index (κ1) is 16.7. The van der Waals surface area contributed by atoms with Crippen LogP contribution >= 0.6 is 35.4 Å². The topological polar surface area (TPSA) is 18.5 Å². The summed E-state index contributed by atoms with van der Waals surface area (Å²) in [6.45, 7) is 8.98. The summed E-state index contributed by atoms with van der Waals surface area (Å²) in [6.07, 6.45) is 0. The Morgan fingerprint density at radius 3 is 2.43 bits per heavy atom. The fourth-order valence-electron chi connectivity index (χ4n) is 2.25. The average molecular weight is 346 g/mol. The summed E-state index contributed by atoms with van der Waals surface area (Å²) in [4.78, 5) is 4.54. The minimum atomic E-state index is 0.595. The van der Waals surface area contributed by atoms with Crippen molar-refractivity contribution in [1.29, 1.82) is 0 Å². The molecule has 0 aromatic heterocycles. The summed E-state index contributed by atoms with van der Waals surface area (Å²) in [5.41, 5.74) is 1.12. The largest absolute Gasteiger partial charge is 0.368 e. The molecule has 6 heteroatoms. The fourth-order valence-corrected chi connectivity index (χ4v) is 2.81. The maximum Gasteiger partial charge on any atom is 0.169 e. The lowest BCUT2D eigenvalue weighted by Crippen LogP contribution is -2.52. The van der Waals surface area contributed by atoms with Crippen molar-refractivity contribution in [2.75, 3.05) is 37.6 Å². The van der Waals surface area contributed by atoms with Gasteiger partial charge in [-0.15, -0.1) is 0 Å². The van der Waals surface area contributed by atoms with Gasteiger partial charge in [0.15, 0.2) is 5.11 Å². The maximum absolute atomic E-state index is 6.08. The number of anilines is 1. The van der Waals surface area contributed by atoms with Crippen LogP contribution in [0, 0.1) is 5.92 Å². The molecule has 0 radical (unpaired) electrons. The Morgan fingerprint density at radius 2 is 1.86 bits per heavy atom. The lowest BCUT2D eigenvalue weighted by Gasteiger charge is -2.37. The van der Waals surface area contributed by atoms with Gasteiger partial charge in [-0.1, -0.05) is 37.0 Å². The zero-order valence-electron chi connectivity index (χ0n) is 12.4. The van der Waals surface area contributed by atoms with Crippen LogP contribution < -0.4 is 10.2 Å². The average Bonchev–Trinajstić information content (AvgIpc) is 2.48. The predicted molar refractivity (Wildman–Crippen MR) is 95.7 cm³/mol. The molecule has 0 spiro atoms. The van der Waals surface area contributed by atoms with Crippen LogP contribution in [0.5, 0.6) is 0 Å². The second-order valence-electron chi connectivity index (χ2n) is 5.65. The van der Waals surface area contributed by atoms with Gasteiger partial charge >= 0.3 is 0 Å². The lowest BCUT2D eigenvalue weighted by molar-refractivity contribution is 0.378. The Balaban J connectivity index is 1.88. The predicted octanol–water partition coefficient (Wildman–Crippen LogP) is 3.65. The Kier molecular flexibility index (Phi) is 5.97. The SMILES string of the molecule is CC(C)CNC(=S)N1CCN(c2ccc(Cl)c(Cl)c2)CC1. The molecule has 1 aromatic rings. The molecule has 116 valence electrons. The van der Waals surface area contributed by atoms with Crippen LogP contribution in [0.15, 0.2) is 18.2 Å². The van der Waals surface area contributed by atoms with E-state index in [1.165, 1.54) is 0 Å². The second-order valence-corrected chi connectivity index (χ2v) is 6.85. The van der Waals surface area contributed by atoms with Gasteiger partial charge < -0.3 is 15.1 Å². The van der Waals surface area contributed by atoms with Gasteiger partial charge in [-0.2, -0.15) is 0 Å². The second kappa shape index (κ2) is 7.52. The molecule has 1 aliphatic rings. The first-order valence-electron chi connectivity index (χ1n) is 7.20. The van der Waals surface area contributed by atoms with E-state index in [1.54, 1.807) is 0 Å². The van der Waals surface area contributed by atoms with Crippen molar-refractivity contribution in [3.8, 4) is 0 Å². The molecule has 0 aliphatic carbocycles. The Hall–Kier alpha value is -0.710. The molecular formula is C15H21Cl2N3S. The van der Waals surface area contributed by atoms with Crippen LogP contribution in [-0.4, -0.2) is 42.7 Å². The molecule has 21 heavy (non-hydrogen) atoms. The van der Waals surface area contributed by atoms with E-state index < -0.39 is 0 Å². The molecule has 0 unspecified atom stereocenters. The van der Waals surface area contributed by atoms with Gasteiger partial charge in [0, 0.05) is 38.4 Å². The molecular weight excluding hydrogens is 325 g/mol. The van der Waals surface area contributed by atoms with Crippen molar-refractivity contribution in [2.45, 2.75) is 13.8 Å². The highest BCUT2D eigenvalue weighted by Crippen LogP contribution is 2.27. The number of benzene rings is 1.